The molecule has 104 valence electrons. The van der Waals surface area contributed by atoms with Crippen LogP contribution < -0.4 is 11.1 Å². The van der Waals surface area contributed by atoms with Crippen molar-refractivity contribution in [2.45, 2.75) is 6.42 Å². The Morgan fingerprint density at radius 2 is 1.85 bits per heavy atom. The molecule has 0 heterocycles. The predicted octanol–water partition coefficient (Wildman–Crippen LogP) is 4.52. The molecule has 0 saturated carbocycles. The highest BCUT2D eigenvalue weighted by Gasteiger charge is 2.12. The number of carbonyl (C=O) groups is 1. The van der Waals surface area contributed by atoms with Crippen LogP contribution >= 0.6 is 39.1 Å². The Labute approximate surface area is 135 Å². The lowest BCUT2D eigenvalue weighted by Crippen LogP contribution is -2.15. The SMILES string of the molecule is Nc1ccccc1CC(=O)Nc1ccc(Br)c(Cl)c1Cl. The third-order valence-electron chi connectivity index (χ3n) is 2.72. The van der Waals surface area contributed by atoms with Crippen LogP contribution in [0.5, 0.6) is 0 Å². The van der Waals surface area contributed by atoms with E-state index < -0.39 is 0 Å². The molecule has 20 heavy (non-hydrogen) atoms. The summed E-state index contributed by atoms with van der Waals surface area (Å²) >= 11 is 15.3. The number of nitrogen functional groups attached to an aromatic ring is 1. The van der Waals surface area contributed by atoms with Crippen molar-refractivity contribution < 1.29 is 4.79 Å². The zero-order valence-electron chi connectivity index (χ0n) is 10.3. The molecule has 0 unspecified atom stereocenters. The van der Waals surface area contributed by atoms with Crippen LogP contribution in [-0.2, 0) is 11.2 Å². The molecular formula is C14H11BrCl2N2O. The first-order chi connectivity index (χ1) is 9.49. The second-order valence-electron chi connectivity index (χ2n) is 4.15. The monoisotopic (exact) mass is 372 g/mol. The summed E-state index contributed by atoms with van der Waals surface area (Å²) in [4.78, 5) is 12.0. The molecule has 0 atom stereocenters. The van der Waals surface area contributed by atoms with Crippen molar-refractivity contribution in [3.63, 3.8) is 0 Å². The van der Waals surface area contributed by atoms with Gasteiger partial charge in [0, 0.05) is 10.2 Å². The second-order valence-corrected chi connectivity index (χ2v) is 5.76. The van der Waals surface area contributed by atoms with Crippen molar-refractivity contribution in [1.29, 1.82) is 0 Å². The van der Waals surface area contributed by atoms with Crippen molar-refractivity contribution in [3.8, 4) is 0 Å². The molecule has 0 spiro atoms. The first-order valence-electron chi connectivity index (χ1n) is 5.75. The van der Waals surface area contributed by atoms with E-state index in [0.29, 0.717) is 25.9 Å². The number of para-hydroxylation sites is 1. The Morgan fingerprint density at radius 3 is 2.55 bits per heavy atom. The fourth-order valence-electron chi connectivity index (χ4n) is 1.68. The number of hydrogen-bond acceptors (Lipinski definition) is 2. The lowest BCUT2D eigenvalue weighted by atomic mass is 10.1. The van der Waals surface area contributed by atoms with E-state index in [4.69, 9.17) is 28.9 Å². The molecule has 0 aliphatic rings. The third kappa shape index (κ3) is 3.45. The van der Waals surface area contributed by atoms with Crippen LogP contribution in [0.3, 0.4) is 0 Å². The van der Waals surface area contributed by atoms with Crippen molar-refractivity contribution in [2.24, 2.45) is 0 Å². The van der Waals surface area contributed by atoms with E-state index in [1.807, 2.05) is 18.2 Å². The van der Waals surface area contributed by atoms with Gasteiger partial charge in [-0.15, -0.1) is 0 Å². The number of nitrogens with one attached hydrogen (secondary N) is 1. The molecule has 0 aromatic heterocycles. The highest BCUT2D eigenvalue weighted by molar-refractivity contribution is 9.10. The van der Waals surface area contributed by atoms with Gasteiger partial charge in [-0.25, -0.2) is 0 Å². The third-order valence-corrected chi connectivity index (χ3v) is 4.49. The zero-order valence-corrected chi connectivity index (χ0v) is 13.4. The summed E-state index contributed by atoms with van der Waals surface area (Å²) in [5, 5.41) is 3.39. The first-order valence-corrected chi connectivity index (χ1v) is 7.30. The summed E-state index contributed by atoms with van der Waals surface area (Å²) < 4.78 is 0.675. The summed E-state index contributed by atoms with van der Waals surface area (Å²) in [7, 11) is 0. The molecule has 0 fully saturated rings. The normalized spacial score (nSPS) is 10.3. The molecule has 3 N–H and O–H groups in total. The molecular weight excluding hydrogens is 363 g/mol. The molecule has 2 rings (SSSR count). The molecule has 0 saturated heterocycles. The summed E-state index contributed by atoms with van der Waals surface area (Å²) in [5.74, 6) is -0.205. The molecule has 0 bridgehead atoms. The Kier molecular flexibility index (Phi) is 4.91. The van der Waals surface area contributed by atoms with Crippen LogP contribution in [0, 0.1) is 0 Å². The van der Waals surface area contributed by atoms with Crippen molar-refractivity contribution in [1.82, 2.24) is 0 Å². The number of hydrogen-bond donors (Lipinski definition) is 2. The van der Waals surface area contributed by atoms with Gasteiger partial charge in [-0.1, -0.05) is 41.4 Å². The summed E-state index contributed by atoms with van der Waals surface area (Å²) in [6.07, 6.45) is 0.177. The second kappa shape index (κ2) is 6.48. The first kappa shape index (κ1) is 15.2. The molecule has 0 aliphatic carbocycles. The minimum atomic E-state index is -0.205. The average Bonchev–Trinajstić information content (AvgIpc) is 2.42. The van der Waals surface area contributed by atoms with Gasteiger partial charge in [0.1, 0.15) is 0 Å². The molecule has 2 aromatic carbocycles. The van der Waals surface area contributed by atoms with Crippen LogP contribution in [0.4, 0.5) is 11.4 Å². The van der Waals surface area contributed by atoms with Gasteiger partial charge in [-0.3, -0.25) is 4.79 Å². The number of halogens is 3. The maximum Gasteiger partial charge on any atom is 0.228 e. The van der Waals surface area contributed by atoms with Crippen LogP contribution in [0.2, 0.25) is 10.0 Å². The number of benzene rings is 2. The lowest BCUT2D eigenvalue weighted by molar-refractivity contribution is -0.115. The van der Waals surface area contributed by atoms with Gasteiger partial charge < -0.3 is 11.1 Å². The summed E-state index contributed by atoms with van der Waals surface area (Å²) in [5.41, 5.74) is 7.63. The van der Waals surface area contributed by atoms with Gasteiger partial charge in [0.2, 0.25) is 5.91 Å². The van der Waals surface area contributed by atoms with Crippen molar-refractivity contribution >= 4 is 56.4 Å². The van der Waals surface area contributed by atoms with Crippen LogP contribution in [0.25, 0.3) is 0 Å². The van der Waals surface area contributed by atoms with E-state index >= 15 is 0 Å². The molecule has 1 amide bonds. The van der Waals surface area contributed by atoms with Crippen LogP contribution in [0.1, 0.15) is 5.56 Å². The Hall–Kier alpha value is -1.23. The topological polar surface area (TPSA) is 55.1 Å². The van der Waals surface area contributed by atoms with Crippen molar-refractivity contribution in [3.05, 3.63) is 56.5 Å². The Balaban J connectivity index is 2.13. The number of rotatable bonds is 3. The molecule has 0 radical (unpaired) electrons. The maximum absolute atomic E-state index is 12.0. The predicted molar refractivity (Wildman–Crippen MR) is 87.4 cm³/mol. The maximum atomic E-state index is 12.0. The highest BCUT2D eigenvalue weighted by atomic mass is 79.9. The van der Waals surface area contributed by atoms with E-state index in [1.54, 1.807) is 18.2 Å². The van der Waals surface area contributed by atoms with E-state index in [-0.39, 0.29) is 12.3 Å². The molecule has 2 aromatic rings. The van der Waals surface area contributed by atoms with E-state index in [1.165, 1.54) is 0 Å². The van der Waals surface area contributed by atoms with Crippen LogP contribution in [0.15, 0.2) is 40.9 Å². The number of carbonyl (C=O) groups excluding carboxylic acids is 1. The van der Waals surface area contributed by atoms with E-state index in [9.17, 15) is 4.79 Å². The number of nitrogens with two attached hydrogens (primary N) is 1. The number of amides is 1. The van der Waals surface area contributed by atoms with Crippen molar-refractivity contribution in [2.75, 3.05) is 11.1 Å². The smallest absolute Gasteiger partial charge is 0.228 e. The average molecular weight is 374 g/mol. The van der Waals surface area contributed by atoms with Gasteiger partial charge in [0.25, 0.3) is 0 Å². The van der Waals surface area contributed by atoms with Gasteiger partial charge in [0.05, 0.1) is 22.2 Å². The summed E-state index contributed by atoms with van der Waals surface area (Å²) in [6.45, 7) is 0. The largest absolute Gasteiger partial charge is 0.398 e. The van der Waals surface area contributed by atoms with Crippen LogP contribution in [-0.4, -0.2) is 5.91 Å². The number of anilines is 2. The Morgan fingerprint density at radius 1 is 1.15 bits per heavy atom. The molecule has 6 heteroatoms. The fourth-order valence-corrected chi connectivity index (χ4v) is 2.51. The summed E-state index contributed by atoms with van der Waals surface area (Å²) in [6, 6.07) is 10.6. The van der Waals surface area contributed by atoms with Gasteiger partial charge in [0.15, 0.2) is 0 Å². The minimum absolute atomic E-state index is 0.177. The molecule has 0 aliphatic heterocycles. The quantitative estimate of drug-likeness (QED) is 0.613. The Bertz CT molecular complexity index is 662. The van der Waals surface area contributed by atoms with Gasteiger partial charge >= 0.3 is 0 Å². The van der Waals surface area contributed by atoms with E-state index in [0.717, 1.165) is 5.56 Å². The highest BCUT2D eigenvalue weighted by Crippen LogP contribution is 2.35. The minimum Gasteiger partial charge on any atom is -0.398 e. The van der Waals surface area contributed by atoms with Gasteiger partial charge in [-0.2, -0.15) is 0 Å². The fraction of sp³-hybridized carbons (Fsp3) is 0.0714. The molecule has 3 nitrogen and oxygen atoms in total. The lowest BCUT2D eigenvalue weighted by Gasteiger charge is -2.10. The van der Waals surface area contributed by atoms with E-state index in [2.05, 4.69) is 21.2 Å². The van der Waals surface area contributed by atoms with Gasteiger partial charge in [-0.05, 0) is 39.7 Å². The zero-order chi connectivity index (χ0) is 14.7. The standard InChI is InChI=1S/C14H11BrCl2N2O/c15-9-5-6-11(14(17)13(9)16)19-12(20)7-8-3-1-2-4-10(8)18/h1-6H,7,18H2,(H,19,20).